The quantitative estimate of drug-likeness (QED) is 0.648. The lowest BCUT2D eigenvalue weighted by atomic mass is 10.1. The molecule has 25 heavy (non-hydrogen) atoms. The molecule has 0 aromatic heterocycles. The Morgan fingerprint density at radius 3 is 2.64 bits per heavy atom. The third kappa shape index (κ3) is 3.94. The van der Waals surface area contributed by atoms with Gasteiger partial charge in [-0.2, -0.15) is 0 Å². The molecule has 3 rings (SSSR count). The van der Waals surface area contributed by atoms with E-state index in [1.54, 1.807) is 12.1 Å². The number of halogens is 1. The van der Waals surface area contributed by atoms with Crippen molar-refractivity contribution in [2.24, 2.45) is 0 Å². The van der Waals surface area contributed by atoms with Gasteiger partial charge >= 0.3 is 0 Å². The molecule has 128 valence electrons. The molecule has 1 amide bonds. The molecule has 1 N–H and O–H groups in total. The number of fused-ring (bicyclic) bond motifs is 1. The van der Waals surface area contributed by atoms with Crippen LogP contribution in [0.1, 0.15) is 18.9 Å². The van der Waals surface area contributed by atoms with Crippen LogP contribution >= 0.6 is 11.6 Å². The van der Waals surface area contributed by atoms with E-state index in [4.69, 9.17) is 16.3 Å². The number of aryl methyl sites for hydroxylation is 1. The molecule has 0 fully saturated rings. The smallest absolute Gasteiger partial charge is 0.265 e. The van der Waals surface area contributed by atoms with Crippen LogP contribution in [0.4, 0.5) is 5.69 Å². The van der Waals surface area contributed by atoms with Gasteiger partial charge in [0.05, 0.1) is 0 Å². The molecule has 0 aliphatic carbocycles. The van der Waals surface area contributed by atoms with Gasteiger partial charge < -0.3 is 10.1 Å². The van der Waals surface area contributed by atoms with Gasteiger partial charge in [-0.05, 0) is 48.6 Å². The molecular weight excluding hydrogens is 334 g/mol. The van der Waals surface area contributed by atoms with Gasteiger partial charge in [-0.3, -0.25) is 4.79 Å². The third-order valence-electron chi connectivity index (χ3n) is 4.12. The number of amides is 1. The molecular formula is C21H20ClNO2. The lowest BCUT2D eigenvalue weighted by molar-refractivity contribution is -0.122. The second-order valence-electron chi connectivity index (χ2n) is 5.94. The summed E-state index contributed by atoms with van der Waals surface area (Å²) in [6.45, 7) is 3.84. The predicted octanol–water partition coefficient (Wildman–Crippen LogP) is 5.60. The Kier molecular flexibility index (Phi) is 5.25. The van der Waals surface area contributed by atoms with E-state index in [0.717, 1.165) is 22.0 Å². The van der Waals surface area contributed by atoms with Crippen LogP contribution in [0.15, 0.2) is 60.7 Å². The van der Waals surface area contributed by atoms with Crippen LogP contribution in [0.5, 0.6) is 5.75 Å². The molecule has 0 spiro atoms. The summed E-state index contributed by atoms with van der Waals surface area (Å²) in [6, 6.07) is 19.2. The Labute approximate surface area is 152 Å². The molecule has 4 heteroatoms. The zero-order valence-corrected chi connectivity index (χ0v) is 15.0. The van der Waals surface area contributed by atoms with Crippen LogP contribution in [0, 0.1) is 6.92 Å². The van der Waals surface area contributed by atoms with Gasteiger partial charge in [-0.1, -0.05) is 54.9 Å². The number of rotatable bonds is 5. The number of hydrogen-bond acceptors (Lipinski definition) is 2. The molecule has 3 aromatic rings. The Bertz CT molecular complexity index is 902. The highest BCUT2D eigenvalue weighted by Gasteiger charge is 2.19. The topological polar surface area (TPSA) is 38.3 Å². The van der Waals surface area contributed by atoms with Gasteiger partial charge in [0.2, 0.25) is 0 Å². The average molecular weight is 354 g/mol. The highest BCUT2D eigenvalue weighted by Crippen LogP contribution is 2.25. The van der Waals surface area contributed by atoms with Crippen molar-refractivity contribution in [2.45, 2.75) is 26.4 Å². The second kappa shape index (κ2) is 7.58. The molecule has 3 nitrogen and oxygen atoms in total. The first kappa shape index (κ1) is 17.3. The number of hydrogen-bond donors (Lipinski definition) is 1. The summed E-state index contributed by atoms with van der Waals surface area (Å²) < 4.78 is 5.87. The van der Waals surface area contributed by atoms with Crippen molar-refractivity contribution < 1.29 is 9.53 Å². The van der Waals surface area contributed by atoms with Gasteiger partial charge in [-0.25, -0.2) is 0 Å². The van der Waals surface area contributed by atoms with E-state index in [2.05, 4.69) is 5.32 Å². The van der Waals surface area contributed by atoms with E-state index < -0.39 is 6.10 Å². The largest absolute Gasteiger partial charge is 0.481 e. The summed E-state index contributed by atoms with van der Waals surface area (Å²) in [5, 5.41) is 5.77. The fourth-order valence-electron chi connectivity index (χ4n) is 2.72. The van der Waals surface area contributed by atoms with Gasteiger partial charge in [-0.15, -0.1) is 0 Å². The van der Waals surface area contributed by atoms with E-state index in [-0.39, 0.29) is 5.91 Å². The van der Waals surface area contributed by atoms with E-state index >= 15 is 0 Å². The average Bonchev–Trinajstić information content (AvgIpc) is 2.63. The summed E-state index contributed by atoms with van der Waals surface area (Å²) in [7, 11) is 0. The fraction of sp³-hybridized carbons (Fsp3) is 0.190. The van der Waals surface area contributed by atoms with Crippen LogP contribution in [0.3, 0.4) is 0 Å². The summed E-state index contributed by atoms with van der Waals surface area (Å²) in [5.74, 6) is 0.480. The Balaban J connectivity index is 1.79. The van der Waals surface area contributed by atoms with Crippen LogP contribution < -0.4 is 10.1 Å². The van der Waals surface area contributed by atoms with E-state index in [0.29, 0.717) is 17.2 Å². The highest BCUT2D eigenvalue weighted by molar-refractivity contribution is 6.31. The maximum absolute atomic E-state index is 12.7. The van der Waals surface area contributed by atoms with Gasteiger partial charge in [0, 0.05) is 16.1 Å². The molecule has 0 unspecified atom stereocenters. The van der Waals surface area contributed by atoms with Crippen LogP contribution in [0.2, 0.25) is 5.02 Å². The Morgan fingerprint density at radius 1 is 1.12 bits per heavy atom. The monoisotopic (exact) mass is 353 g/mol. The molecule has 3 aromatic carbocycles. The Hall–Kier alpha value is -2.52. The van der Waals surface area contributed by atoms with E-state index in [1.807, 2.05) is 62.4 Å². The van der Waals surface area contributed by atoms with Crippen molar-refractivity contribution in [3.63, 3.8) is 0 Å². The SMILES string of the molecule is CC[C@H](Oc1ccc(Cl)c(C)c1)C(=O)Nc1cccc2ccccc12. The standard InChI is InChI=1S/C21H20ClNO2/c1-3-20(25-16-11-12-18(22)14(2)13-16)21(24)23-19-10-6-8-15-7-4-5-9-17(15)19/h4-13,20H,3H2,1-2H3,(H,23,24)/t20-/m0/s1. The fourth-order valence-corrected chi connectivity index (χ4v) is 2.84. The summed E-state index contributed by atoms with van der Waals surface area (Å²) >= 11 is 6.04. The second-order valence-corrected chi connectivity index (χ2v) is 6.35. The van der Waals surface area contributed by atoms with Crippen molar-refractivity contribution in [3.05, 3.63) is 71.2 Å². The van der Waals surface area contributed by atoms with Crippen molar-refractivity contribution >= 4 is 34.0 Å². The van der Waals surface area contributed by atoms with Crippen LogP contribution in [-0.4, -0.2) is 12.0 Å². The van der Waals surface area contributed by atoms with Crippen LogP contribution in [-0.2, 0) is 4.79 Å². The number of benzene rings is 3. The van der Waals surface area contributed by atoms with Gasteiger partial charge in [0.15, 0.2) is 6.10 Å². The number of carbonyl (C=O) groups excluding carboxylic acids is 1. The summed E-state index contributed by atoms with van der Waals surface area (Å²) in [6.07, 6.45) is -0.00214. The first-order chi connectivity index (χ1) is 12.1. The Morgan fingerprint density at radius 2 is 1.88 bits per heavy atom. The van der Waals surface area contributed by atoms with Gasteiger partial charge in [0.25, 0.3) is 5.91 Å². The first-order valence-corrected chi connectivity index (χ1v) is 8.67. The third-order valence-corrected chi connectivity index (χ3v) is 4.54. The van der Waals surface area contributed by atoms with Crippen molar-refractivity contribution in [2.75, 3.05) is 5.32 Å². The molecule has 0 aliphatic rings. The molecule has 0 saturated carbocycles. The maximum Gasteiger partial charge on any atom is 0.265 e. The van der Waals surface area contributed by atoms with Crippen molar-refractivity contribution in [1.29, 1.82) is 0 Å². The highest BCUT2D eigenvalue weighted by atomic mass is 35.5. The zero-order valence-electron chi connectivity index (χ0n) is 14.3. The molecule has 0 heterocycles. The predicted molar refractivity (Wildman–Crippen MR) is 103 cm³/mol. The molecule has 0 saturated heterocycles. The molecule has 0 bridgehead atoms. The number of ether oxygens (including phenoxy) is 1. The number of nitrogens with one attached hydrogen (secondary N) is 1. The summed E-state index contributed by atoms with van der Waals surface area (Å²) in [5.41, 5.74) is 1.71. The minimum absolute atomic E-state index is 0.161. The maximum atomic E-state index is 12.7. The first-order valence-electron chi connectivity index (χ1n) is 8.30. The van der Waals surface area contributed by atoms with Crippen molar-refractivity contribution in [1.82, 2.24) is 0 Å². The minimum atomic E-state index is -0.570. The summed E-state index contributed by atoms with van der Waals surface area (Å²) in [4.78, 5) is 12.7. The minimum Gasteiger partial charge on any atom is -0.481 e. The molecule has 0 radical (unpaired) electrons. The van der Waals surface area contributed by atoms with E-state index in [9.17, 15) is 4.79 Å². The molecule has 1 atom stereocenters. The van der Waals surface area contributed by atoms with Crippen molar-refractivity contribution in [3.8, 4) is 5.75 Å². The molecule has 0 aliphatic heterocycles. The van der Waals surface area contributed by atoms with Crippen LogP contribution in [0.25, 0.3) is 10.8 Å². The number of carbonyl (C=O) groups is 1. The number of anilines is 1. The zero-order chi connectivity index (χ0) is 17.8. The van der Waals surface area contributed by atoms with Gasteiger partial charge in [0.1, 0.15) is 5.75 Å². The lowest BCUT2D eigenvalue weighted by Crippen LogP contribution is -2.32. The lowest BCUT2D eigenvalue weighted by Gasteiger charge is -2.18. The van der Waals surface area contributed by atoms with E-state index in [1.165, 1.54) is 0 Å². The normalized spacial score (nSPS) is 12.0.